The number of benzene rings is 2. The highest BCUT2D eigenvalue weighted by Gasteiger charge is 2.13. The molecule has 0 unspecified atom stereocenters. The van der Waals surface area contributed by atoms with Gasteiger partial charge in [-0.1, -0.05) is 28.1 Å². The highest BCUT2D eigenvalue weighted by molar-refractivity contribution is 9.10. The number of nitrogens with one attached hydrogen (secondary N) is 1. The molecule has 0 atom stereocenters. The molecule has 0 aliphatic heterocycles. The van der Waals surface area contributed by atoms with Gasteiger partial charge in [-0.15, -0.1) is 0 Å². The van der Waals surface area contributed by atoms with Crippen LogP contribution in [0.3, 0.4) is 0 Å². The van der Waals surface area contributed by atoms with Gasteiger partial charge in [-0.3, -0.25) is 5.43 Å². The SMILES string of the molecule is COc1cccc(/C(=N\Nc2ccc(Br)cc2)C(=O)O)c1. The molecule has 0 bridgehead atoms. The molecular weight excluding hydrogens is 336 g/mol. The van der Waals surface area contributed by atoms with E-state index in [0.29, 0.717) is 17.0 Å². The maximum atomic E-state index is 11.4. The van der Waals surface area contributed by atoms with Crippen molar-refractivity contribution < 1.29 is 14.6 Å². The number of carbonyl (C=O) groups is 1. The van der Waals surface area contributed by atoms with Gasteiger partial charge in [0.05, 0.1) is 12.8 Å². The molecule has 2 aromatic rings. The van der Waals surface area contributed by atoms with Crippen molar-refractivity contribution in [3.8, 4) is 5.75 Å². The number of hydrogen-bond acceptors (Lipinski definition) is 4. The minimum Gasteiger partial charge on any atom is -0.497 e. The molecule has 2 aromatic carbocycles. The smallest absolute Gasteiger partial charge is 0.356 e. The lowest BCUT2D eigenvalue weighted by molar-refractivity contribution is -0.129. The number of carboxylic acid groups (broad SMARTS) is 1. The van der Waals surface area contributed by atoms with Gasteiger partial charge >= 0.3 is 5.97 Å². The Hall–Kier alpha value is -2.34. The number of hydrogen-bond donors (Lipinski definition) is 2. The highest BCUT2D eigenvalue weighted by Crippen LogP contribution is 2.16. The Morgan fingerprint density at radius 1 is 1.24 bits per heavy atom. The van der Waals surface area contributed by atoms with E-state index in [9.17, 15) is 9.90 Å². The third-order valence-electron chi connectivity index (χ3n) is 2.69. The number of halogens is 1. The topological polar surface area (TPSA) is 70.9 Å². The number of aliphatic carboxylic acids is 1. The lowest BCUT2D eigenvalue weighted by Gasteiger charge is -2.06. The third kappa shape index (κ3) is 4.06. The van der Waals surface area contributed by atoms with Gasteiger partial charge in [0.2, 0.25) is 0 Å². The van der Waals surface area contributed by atoms with Gasteiger partial charge in [-0.25, -0.2) is 4.79 Å². The molecule has 0 fully saturated rings. The Balaban J connectivity index is 2.27. The molecule has 6 heteroatoms. The first kappa shape index (κ1) is 15.1. The van der Waals surface area contributed by atoms with E-state index in [2.05, 4.69) is 26.5 Å². The first-order valence-corrected chi connectivity index (χ1v) is 6.86. The van der Waals surface area contributed by atoms with Crippen LogP contribution in [0.4, 0.5) is 5.69 Å². The zero-order chi connectivity index (χ0) is 15.2. The number of anilines is 1. The van der Waals surface area contributed by atoms with Crippen LogP contribution in [-0.2, 0) is 4.79 Å². The van der Waals surface area contributed by atoms with Crippen LogP contribution in [0.5, 0.6) is 5.75 Å². The Kier molecular flexibility index (Phi) is 4.94. The number of nitrogens with zero attached hydrogens (tertiary/aromatic N) is 1. The van der Waals surface area contributed by atoms with Gasteiger partial charge in [0, 0.05) is 10.0 Å². The molecule has 0 aliphatic rings. The lowest BCUT2D eigenvalue weighted by Crippen LogP contribution is -2.16. The van der Waals surface area contributed by atoms with Crippen molar-refractivity contribution in [2.75, 3.05) is 12.5 Å². The van der Waals surface area contributed by atoms with Crippen molar-refractivity contribution in [2.45, 2.75) is 0 Å². The molecule has 0 saturated heterocycles. The summed E-state index contributed by atoms with van der Waals surface area (Å²) >= 11 is 3.33. The van der Waals surface area contributed by atoms with E-state index < -0.39 is 5.97 Å². The van der Waals surface area contributed by atoms with Crippen LogP contribution in [0.15, 0.2) is 58.1 Å². The minimum atomic E-state index is -1.12. The van der Waals surface area contributed by atoms with Crippen LogP contribution >= 0.6 is 15.9 Å². The predicted octanol–water partition coefficient (Wildman–Crippen LogP) is 3.36. The van der Waals surface area contributed by atoms with Gasteiger partial charge in [-0.2, -0.15) is 5.10 Å². The molecular formula is C15H13BrN2O3. The standard InChI is InChI=1S/C15H13BrN2O3/c1-21-13-4-2-3-10(9-13)14(15(19)20)18-17-12-7-5-11(16)6-8-12/h2-9,17H,1H3,(H,19,20)/b18-14+. The monoisotopic (exact) mass is 348 g/mol. The maximum absolute atomic E-state index is 11.4. The Morgan fingerprint density at radius 2 is 1.95 bits per heavy atom. The first-order valence-electron chi connectivity index (χ1n) is 6.07. The van der Waals surface area contributed by atoms with E-state index in [1.807, 2.05) is 12.1 Å². The normalized spacial score (nSPS) is 11.0. The molecule has 0 saturated carbocycles. The molecule has 0 spiro atoms. The molecule has 0 aliphatic carbocycles. The Labute approximate surface area is 130 Å². The Morgan fingerprint density at radius 3 is 2.57 bits per heavy atom. The van der Waals surface area contributed by atoms with Crippen molar-refractivity contribution in [1.82, 2.24) is 0 Å². The third-order valence-corrected chi connectivity index (χ3v) is 3.22. The second-order valence-corrected chi connectivity index (χ2v) is 5.03. The fraction of sp³-hybridized carbons (Fsp3) is 0.0667. The summed E-state index contributed by atoms with van der Waals surface area (Å²) in [5, 5.41) is 13.3. The minimum absolute atomic E-state index is 0.0863. The fourth-order valence-corrected chi connectivity index (χ4v) is 1.92. The molecule has 21 heavy (non-hydrogen) atoms. The van der Waals surface area contributed by atoms with E-state index in [0.717, 1.165) is 4.47 Å². The van der Waals surface area contributed by atoms with Crippen molar-refractivity contribution >= 4 is 33.3 Å². The van der Waals surface area contributed by atoms with E-state index in [1.165, 1.54) is 7.11 Å². The average Bonchev–Trinajstić information content (AvgIpc) is 2.49. The number of carboxylic acids is 1. The van der Waals surface area contributed by atoms with Crippen LogP contribution in [0, 0.1) is 0 Å². The summed E-state index contributed by atoms with van der Waals surface area (Å²) in [4.78, 5) is 11.4. The van der Waals surface area contributed by atoms with Gasteiger partial charge in [0.1, 0.15) is 5.75 Å². The van der Waals surface area contributed by atoms with Crippen LogP contribution in [-0.4, -0.2) is 23.9 Å². The largest absolute Gasteiger partial charge is 0.497 e. The van der Waals surface area contributed by atoms with Crippen LogP contribution in [0.2, 0.25) is 0 Å². The fourth-order valence-electron chi connectivity index (χ4n) is 1.65. The number of rotatable bonds is 5. The highest BCUT2D eigenvalue weighted by atomic mass is 79.9. The number of ether oxygens (including phenoxy) is 1. The van der Waals surface area contributed by atoms with Gasteiger partial charge in [0.15, 0.2) is 5.71 Å². The molecule has 0 radical (unpaired) electrons. The first-order chi connectivity index (χ1) is 10.1. The van der Waals surface area contributed by atoms with Crippen LogP contribution in [0.1, 0.15) is 5.56 Å². The van der Waals surface area contributed by atoms with Crippen LogP contribution < -0.4 is 10.2 Å². The average molecular weight is 349 g/mol. The van der Waals surface area contributed by atoms with Gasteiger partial charge in [-0.05, 0) is 36.4 Å². The zero-order valence-electron chi connectivity index (χ0n) is 11.2. The summed E-state index contributed by atoms with van der Waals surface area (Å²) < 4.78 is 6.02. The molecule has 0 aromatic heterocycles. The molecule has 2 N–H and O–H groups in total. The molecule has 108 valence electrons. The van der Waals surface area contributed by atoms with Crippen LogP contribution in [0.25, 0.3) is 0 Å². The van der Waals surface area contributed by atoms with Crippen molar-refractivity contribution in [2.24, 2.45) is 5.10 Å². The van der Waals surface area contributed by atoms with E-state index in [-0.39, 0.29) is 5.71 Å². The van der Waals surface area contributed by atoms with Gasteiger partial charge < -0.3 is 9.84 Å². The Bertz CT molecular complexity index is 669. The molecule has 0 amide bonds. The summed E-state index contributed by atoms with van der Waals surface area (Å²) in [6, 6.07) is 14.0. The second kappa shape index (κ2) is 6.90. The molecule has 2 rings (SSSR count). The summed E-state index contributed by atoms with van der Waals surface area (Å²) in [7, 11) is 1.52. The molecule has 0 heterocycles. The molecule has 5 nitrogen and oxygen atoms in total. The summed E-state index contributed by atoms with van der Waals surface area (Å²) in [5.74, 6) is -0.544. The van der Waals surface area contributed by atoms with E-state index >= 15 is 0 Å². The van der Waals surface area contributed by atoms with Crippen molar-refractivity contribution in [3.63, 3.8) is 0 Å². The summed E-state index contributed by atoms with van der Waals surface area (Å²) in [6.45, 7) is 0. The quantitative estimate of drug-likeness (QED) is 0.642. The number of hydrazone groups is 1. The zero-order valence-corrected chi connectivity index (χ0v) is 12.8. The maximum Gasteiger partial charge on any atom is 0.356 e. The number of methoxy groups -OCH3 is 1. The lowest BCUT2D eigenvalue weighted by atomic mass is 10.1. The van der Waals surface area contributed by atoms with Crippen molar-refractivity contribution in [1.29, 1.82) is 0 Å². The summed E-state index contributed by atoms with van der Waals surface area (Å²) in [6.07, 6.45) is 0. The summed E-state index contributed by atoms with van der Waals surface area (Å²) in [5.41, 5.74) is 3.81. The second-order valence-electron chi connectivity index (χ2n) is 4.12. The van der Waals surface area contributed by atoms with Gasteiger partial charge in [0.25, 0.3) is 0 Å². The predicted molar refractivity (Wildman–Crippen MR) is 84.9 cm³/mol. The van der Waals surface area contributed by atoms with E-state index in [1.54, 1.807) is 36.4 Å². The van der Waals surface area contributed by atoms with E-state index in [4.69, 9.17) is 4.74 Å². The van der Waals surface area contributed by atoms with Crippen molar-refractivity contribution in [3.05, 3.63) is 58.6 Å².